The number of likely N-dealkylation sites (tertiary alicyclic amines) is 1. The molecule has 1 aromatic carbocycles. The van der Waals surface area contributed by atoms with E-state index in [1.807, 2.05) is 12.1 Å². The van der Waals surface area contributed by atoms with Crippen LogP contribution < -0.4 is 0 Å². The third-order valence-corrected chi connectivity index (χ3v) is 7.38. The molecule has 2 unspecified atom stereocenters. The van der Waals surface area contributed by atoms with Gasteiger partial charge < -0.3 is 14.5 Å². The standard InChI is InChI=1S/C26H33N3O3/c30-29(31)21-8-4-7-20(17-21)25-19-28-15-5-9-26(28)24-18-22(10-11-23(24)25)32-16-6-14-27-12-2-1-3-13-27/h4,7-8,10-11,17-18,23,25H,1-3,5-6,9,12-16,19H2. The lowest BCUT2D eigenvalue weighted by atomic mass is 9.75. The molecular formula is C26H33N3O3. The van der Waals surface area contributed by atoms with E-state index in [1.165, 1.54) is 50.0 Å². The average Bonchev–Trinajstić information content (AvgIpc) is 3.31. The van der Waals surface area contributed by atoms with Crippen LogP contribution in [0.5, 0.6) is 0 Å². The molecule has 32 heavy (non-hydrogen) atoms. The molecule has 5 rings (SSSR count). The topological polar surface area (TPSA) is 58.9 Å². The molecule has 0 aromatic heterocycles. The number of non-ortho nitro benzene ring substituents is 1. The van der Waals surface area contributed by atoms with Gasteiger partial charge in [0.2, 0.25) is 0 Å². The number of nitro groups is 1. The maximum Gasteiger partial charge on any atom is 0.269 e. The Hall–Kier alpha value is -2.60. The van der Waals surface area contributed by atoms with Gasteiger partial charge in [-0.1, -0.05) is 24.6 Å². The summed E-state index contributed by atoms with van der Waals surface area (Å²) >= 11 is 0. The van der Waals surface area contributed by atoms with Gasteiger partial charge in [0, 0.05) is 49.3 Å². The highest BCUT2D eigenvalue weighted by Crippen LogP contribution is 2.45. The zero-order valence-electron chi connectivity index (χ0n) is 18.7. The smallest absolute Gasteiger partial charge is 0.269 e. The predicted octanol–water partition coefficient (Wildman–Crippen LogP) is 5.00. The molecule has 6 heteroatoms. The Morgan fingerprint density at radius 1 is 1.12 bits per heavy atom. The second kappa shape index (κ2) is 9.49. The van der Waals surface area contributed by atoms with Crippen molar-refractivity contribution in [2.24, 2.45) is 5.92 Å². The Kier molecular flexibility index (Phi) is 6.30. The largest absolute Gasteiger partial charge is 0.494 e. The molecule has 1 aromatic rings. The third-order valence-electron chi connectivity index (χ3n) is 7.38. The molecule has 3 aliphatic heterocycles. The van der Waals surface area contributed by atoms with Gasteiger partial charge in [-0.25, -0.2) is 0 Å². The van der Waals surface area contributed by atoms with Crippen molar-refractivity contribution in [3.63, 3.8) is 0 Å². The van der Waals surface area contributed by atoms with E-state index < -0.39 is 0 Å². The lowest BCUT2D eigenvalue weighted by Crippen LogP contribution is -2.35. The summed E-state index contributed by atoms with van der Waals surface area (Å²) in [7, 11) is 0. The Labute approximate surface area is 190 Å². The normalized spacial score (nSPS) is 25.4. The van der Waals surface area contributed by atoms with Crippen LogP contribution in [0.1, 0.15) is 50.0 Å². The summed E-state index contributed by atoms with van der Waals surface area (Å²) < 4.78 is 6.17. The SMILES string of the molecule is O=[N+]([O-])c1cccc(C2CN3CCCC3=C3C=C(OCCCN4CCCCC4)C=CC32)c1. The Morgan fingerprint density at radius 2 is 2.00 bits per heavy atom. The molecule has 2 fully saturated rings. The molecule has 0 N–H and O–H groups in total. The first-order valence-electron chi connectivity index (χ1n) is 12.2. The first-order valence-corrected chi connectivity index (χ1v) is 12.2. The maximum absolute atomic E-state index is 11.3. The molecule has 0 bridgehead atoms. The molecule has 0 amide bonds. The number of piperidine rings is 1. The third kappa shape index (κ3) is 4.46. The van der Waals surface area contributed by atoms with Gasteiger partial charge in [-0.05, 0) is 68.5 Å². The number of rotatable bonds is 7. The van der Waals surface area contributed by atoms with Crippen molar-refractivity contribution < 1.29 is 9.66 Å². The van der Waals surface area contributed by atoms with Crippen LogP contribution in [-0.4, -0.2) is 54.1 Å². The van der Waals surface area contributed by atoms with Crippen molar-refractivity contribution in [3.05, 3.63) is 75.2 Å². The summed E-state index contributed by atoms with van der Waals surface area (Å²) in [6, 6.07) is 7.19. The first kappa shape index (κ1) is 21.3. The maximum atomic E-state index is 11.3. The summed E-state index contributed by atoms with van der Waals surface area (Å²) in [5, 5.41) is 11.3. The fraction of sp³-hybridized carbons (Fsp3) is 0.538. The van der Waals surface area contributed by atoms with E-state index in [4.69, 9.17) is 4.74 Å². The van der Waals surface area contributed by atoms with Gasteiger partial charge in [-0.15, -0.1) is 0 Å². The van der Waals surface area contributed by atoms with Crippen molar-refractivity contribution in [1.82, 2.24) is 9.80 Å². The Morgan fingerprint density at radius 3 is 2.84 bits per heavy atom. The first-order chi connectivity index (χ1) is 15.7. The second-order valence-electron chi connectivity index (χ2n) is 9.45. The molecule has 4 aliphatic rings. The lowest BCUT2D eigenvalue weighted by Gasteiger charge is -2.40. The Bertz CT molecular complexity index is 945. The van der Waals surface area contributed by atoms with Gasteiger partial charge in [0.05, 0.1) is 11.5 Å². The van der Waals surface area contributed by atoms with Crippen molar-refractivity contribution in [2.45, 2.75) is 44.4 Å². The van der Waals surface area contributed by atoms with Crippen LogP contribution >= 0.6 is 0 Å². The molecule has 2 atom stereocenters. The highest BCUT2D eigenvalue weighted by Gasteiger charge is 2.37. The van der Waals surface area contributed by atoms with Crippen molar-refractivity contribution >= 4 is 5.69 Å². The number of nitrogens with zero attached hydrogens (tertiary/aromatic N) is 3. The summed E-state index contributed by atoms with van der Waals surface area (Å²) in [6.07, 6.45) is 14.0. The van der Waals surface area contributed by atoms with E-state index in [2.05, 4.69) is 28.0 Å². The molecule has 170 valence electrons. The van der Waals surface area contributed by atoms with Gasteiger partial charge in [0.25, 0.3) is 5.69 Å². The molecule has 0 radical (unpaired) electrons. The quantitative estimate of drug-likeness (QED) is 0.343. The van der Waals surface area contributed by atoms with Crippen LogP contribution in [0.25, 0.3) is 0 Å². The molecule has 0 saturated carbocycles. The van der Waals surface area contributed by atoms with E-state index in [9.17, 15) is 10.1 Å². The van der Waals surface area contributed by atoms with Crippen molar-refractivity contribution in [1.29, 1.82) is 0 Å². The number of hydrogen-bond acceptors (Lipinski definition) is 5. The van der Waals surface area contributed by atoms with Crippen LogP contribution in [0, 0.1) is 16.0 Å². The number of allylic oxidation sites excluding steroid dienone is 5. The average molecular weight is 436 g/mol. The summed E-state index contributed by atoms with van der Waals surface area (Å²) in [4.78, 5) is 16.1. The number of ether oxygens (including phenoxy) is 1. The molecule has 3 heterocycles. The van der Waals surface area contributed by atoms with Crippen LogP contribution in [0.3, 0.4) is 0 Å². The fourth-order valence-electron chi connectivity index (χ4n) is 5.77. The molecule has 0 spiro atoms. The lowest BCUT2D eigenvalue weighted by molar-refractivity contribution is -0.384. The molecule has 6 nitrogen and oxygen atoms in total. The van der Waals surface area contributed by atoms with Crippen molar-refractivity contribution in [3.8, 4) is 0 Å². The van der Waals surface area contributed by atoms with E-state index in [-0.39, 0.29) is 22.4 Å². The molecule has 1 aliphatic carbocycles. The minimum absolute atomic E-state index is 0.174. The van der Waals surface area contributed by atoms with Gasteiger partial charge in [-0.2, -0.15) is 0 Å². The zero-order valence-corrected chi connectivity index (χ0v) is 18.7. The van der Waals surface area contributed by atoms with E-state index in [0.717, 1.165) is 50.4 Å². The van der Waals surface area contributed by atoms with Crippen LogP contribution in [0.2, 0.25) is 0 Å². The fourth-order valence-corrected chi connectivity index (χ4v) is 5.77. The van der Waals surface area contributed by atoms with Crippen LogP contribution in [-0.2, 0) is 4.74 Å². The monoisotopic (exact) mass is 435 g/mol. The number of fused-ring (bicyclic) bond motifs is 2. The Balaban J connectivity index is 1.29. The number of nitro benzene ring substituents is 1. The van der Waals surface area contributed by atoms with Gasteiger partial charge in [-0.3, -0.25) is 10.1 Å². The molecule has 2 saturated heterocycles. The summed E-state index contributed by atoms with van der Waals surface area (Å²) in [5.41, 5.74) is 4.01. The summed E-state index contributed by atoms with van der Waals surface area (Å²) in [5.74, 6) is 1.43. The number of hydrogen-bond donors (Lipinski definition) is 0. The number of benzene rings is 1. The predicted molar refractivity (Wildman–Crippen MR) is 125 cm³/mol. The van der Waals surface area contributed by atoms with Crippen LogP contribution in [0.15, 0.2) is 59.5 Å². The van der Waals surface area contributed by atoms with E-state index in [0.29, 0.717) is 0 Å². The summed E-state index contributed by atoms with van der Waals surface area (Å²) in [6.45, 7) is 6.33. The van der Waals surface area contributed by atoms with E-state index in [1.54, 1.807) is 12.1 Å². The van der Waals surface area contributed by atoms with Gasteiger partial charge in [0.15, 0.2) is 0 Å². The van der Waals surface area contributed by atoms with E-state index >= 15 is 0 Å². The minimum Gasteiger partial charge on any atom is -0.494 e. The second-order valence-corrected chi connectivity index (χ2v) is 9.45. The van der Waals surface area contributed by atoms with Crippen LogP contribution in [0.4, 0.5) is 5.69 Å². The zero-order chi connectivity index (χ0) is 21.9. The van der Waals surface area contributed by atoms with Gasteiger partial charge in [0.1, 0.15) is 5.76 Å². The van der Waals surface area contributed by atoms with Crippen molar-refractivity contribution in [2.75, 3.05) is 39.3 Å². The molecular weight excluding hydrogens is 402 g/mol. The minimum atomic E-state index is -0.295. The van der Waals surface area contributed by atoms with Gasteiger partial charge >= 0.3 is 0 Å². The highest BCUT2D eigenvalue weighted by molar-refractivity contribution is 5.47. The highest BCUT2D eigenvalue weighted by atomic mass is 16.6.